The Hall–Kier alpha value is -3.53. The molecule has 0 radical (unpaired) electrons. The van der Waals surface area contributed by atoms with Gasteiger partial charge in [0.1, 0.15) is 17.6 Å². The molecule has 1 atom stereocenters. The number of anilines is 1. The minimum absolute atomic E-state index is 0.182. The molecule has 2 saturated heterocycles. The van der Waals surface area contributed by atoms with Crippen molar-refractivity contribution in [2.75, 3.05) is 38.2 Å². The summed E-state index contributed by atoms with van der Waals surface area (Å²) in [5, 5.41) is 2.30. The van der Waals surface area contributed by atoms with E-state index in [4.69, 9.17) is 4.74 Å². The third-order valence-corrected chi connectivity index (χ3v) is 6.72. The molecular formula is C24H26FN5O4. The van der Waals surface area contributed by atoms with Crippen LogP contribution in [0.5, 0.6) is 5.75 Å². The van der Waals surface area contributed by atoms with Gasteiger partial charge in [-0.05, 0) is 24.6 Å². The summed E-state index contributed by atoms with van der Waals surface area (Å²) in [6.07, 6.45) is 2.19. The summed E-state index contributed by atoms with van der Waals surface area (Å²) in [4.78, 5) is 47.2. The summed E-state index contributed by atoms with van der Waals surface area (Å²) in [7, 11) is 1.63. The molecule has 2 fully saturated rings. The number of methoxy groups -OCH3 is 1. The van der Waals surface area contributed by atoms with Crippen molar-refractivity contribution >= 4 is 23.4 Å². The average Bonchev–Trinajstić information content (AvgIpc) is 3.15. The number of imide groups is 1. The quantitative estimate of drug-likeness (QED) is 0.663. The zero-order chi connectivity index (χ0) is 23.8. The first kappa shape index (κ1) is 22.3. The van der Waals surface area contributed by atoms with Crippen LogP contribution < -0.4 is 15.0 Å². The summed E-state index contributed by atoms with van der Waals surface area (Å²) in [5.41, 5.74) is 2.64. The van der Waals surface area contributed by atoms with Gasteiger partial charge < -0.3 is 14.5 Å². The SMILES string of the molecule is COc1ccnc(CN2CCN(c3cc(F)cc4c3CN(C3CCC(=O)NC3=O)C4=O)CC2)c1. The van der Waals surface area contributed by atoms with Gasteiger partial charge >= 0.3 is 0 Å². The van der Waals surface area contributed by atoms with E-state index in [0.717, 1.165) is 30.1 Å². The number of carbonyl (C=O) groups excluding carboxylic acids is 3. The van der Waals surface area contributed by atoms with Gasteiger partial charge in [-0.25, -0.2) is 4.39 Å². The maximum absolute atomic E-state index is 14.5. The normalized spacial score (nSPS) is 21.0. The van der Waals surface area contributed by atoms with Gasteiger partial charge in [0.15, 0.2) is 0 Å². The molecule has 34 heavy (non-hydrogen) atoms. The maximum Gasteiger partial charge on any atom is 0.255 e. The van der Waals surface area contributed by atoms with Crippen LogP contribution in [-0.2, 0) is 22.7 Å². The Bertz CT molecular complexity index is 1150. The average molecular weight is 468 g/mol. The predicted molar refractivity (Wildman–Crippen MR) is 121 cm³/mol. The van der Waals surface area contributed by atoms with Crippen LogP contribution in [0.25, 0.3) is 0 Å². The highest BCUT2D eigenvalue weighted by Crippen LogP contribution is 2.35. The Labute approximate surface area is 196 Å². The molecule has 3 amide bonds. The van der Waals surface area contributed by atoms with E-state index in [1.165, 1.54) is 17.0 Å². The molecule has 1 aromatic heterocycles. The molecule has 3 aliphatic rings. The fourth-order valence-corrected chi connectivity index (χ4v) is 4.94. The molecule has 0 bridgehead atoms. The molecule has 0 saturated carbocycles. The molecule has 178 valence electrons. The van der Waals surface area contributed by atoms with Gasteiger partial charge in [-0.15, -0.1) is 0 Å². The van der Waals surface area contributed by atoms with Crippen molar-refractivity contribution < 1.29 is 23.5 Å². The number of nitrogens with zero attached hydrogens (tertiary/aromatic N) is 4. The Morgan fingerprint density at radius 1 is 1.15 bits per heavy atom. The van der Waals surface area contributed by atoms with E-state index in [0.29, 0.717) is 30.9 Å². The first-order chi connectivity index (χ1) is 16.4. The number of halogens is 1. The van der Waals surface area contributed by atoms with Gasteiger partial charge in [-0.2, -0.15) is 0 Å². The first-order valence-corrected chi connectivity index (χ1v) is 11.4. The van der Waals surface area contributed by atoms with E-state index in [1.807, 2.05) is 12.1 Å². The van der Waals surface area contributed by atoms with Crippen LogP contribution >= 0.6 is 0 Å². The number of benzene rings is 1. The minimum Gasteiger partial charge on any atom is -0.497 e. The first-order valence-electron chi connectivity index (χ1n) is 11.4. The second kappa shape index (κ2) is 9.02. The van der Waals surface area contributed by atoms with Crippen LogP contribution in [0.4, 0.5) is 10.1 Å². The van der Waals surface area contributed by atoms with E-state index < -0.39 is 17.8 Å². The molecule has 1 N–H and O–H groups in total. The molecule has 0 spiro atoms. The third-order valence-electron chi connectivity index (χ3n) is 6.72. The predicted octanol–water partition coefficient (Wildman–Crippen LogP) is 1.31. The number of piperidine rings is 1. The lowest BCUT2D eigenvalue weighted by Gasteiger charge is -2.37. The Morgan fingerprint density at radius 2 is 1.94 bits per heavy atom. The number of ether oxygens (including phenoxy) is 1. The van der Waals surface area contributed by atoms with Gasteiger partial charge in [0, 0.05) is 74.8 Å². The lowest BCUT2D eigenvalue weighted by atomic mass is 10.0. The fourth-order valence-electron chi connectivity index (χ4n) is 4.94. The Morgan fingerprint density at radius 3 is 2.68 bits per heavy atom. The number of rotatable bonds is 5. The van der Waals surface area contributed by atoms with Crippen molar-refractivity contribution in [1.29, 1.82) is 0 Å². The van der Waals surface area contributed by atoms with E-state index in [-0.39, 0.29) is 31.2 Å². The Kier molecular flexibility index (Phi) is 5.91. The summed E-state index contributed by atoms with van der Waals surface area (Å²) in [6.45, 7) is 3.78. The van der Waals surface area contributed by atoms with Crippen molar-refractivity contribution in [3.8, 4) is 5.75 Å². The standard InChI is InChI=1S/C24H26FN5O4/c1-34-17-4-5-26-16(12-17)13-28-6-8-29(9-7-28)21-11-15(25)10-18-19(21)14-30(24(18)33)20-2-3-22(31)27-23(20)32/h4-5,10-12,20H,2-3,6-9,13-14H2,1H3,(H,27,31,32). The smallest absolute Gasteiger partial charge is 0.255 e. The zero-order valence-corrected chi connectivity index (χ0v) is 18.9. The van der Waals surface area contributed by atoms with E-state index in [2.05, 4.69) is 20.1 Å². The monoisotopic (exact) mass is 467 g/mol. The van der Waals surface area contributed by atoms with E-state index >= 15 is 0 Å². The largest absolute Gasteiger partial charge is 0.497 e. The van der Waals surface area contributed by atoms with Gasteiger partial charge in [-0.3, -0.25) is 29.6 Å². The third kappa shape index (κ3) is 4.21. The highest BCUT2D eigenvalue weighted by Gasteiger charge is 2.41. The van der Waals surface area contributed by atoms with Crippen LogP contribution in [0.3, 0.4) is 0 Å². The highest BCUT2D eigenvalue weighted by molar-refractivity contribution is 6.06. The van der Waals surface area contributed by atoms with Crippen molar-refractivity contribution in [3.05, 3.63) is 53.1 Å². The number of hydrogen-bond donors (Lipinski definition) is 1. The molecule has 10 heteroatoms. The lowest BCUT2D eigenvalue weighted by molar-refractivity contribution is -0.136. The molecule has 9 nitrogen and oxygen atoms in total. The summed E-state index contributed by atoms with van der Waals surface area (Å²) in [6, 6.07) is 5.73. The van der Waals surface area contributed by atoms with Crippen molar-refractivity contribution in [3.63, 3.8) is 0 Å². The molecule has 3 aliphatic heterocycles. The minimum atomic E-state index is -0.722. The molecule has 1 unspecified atom stereocenters. The van der Waals surface area contributed by atoms with Crippen LogP contribution in [0.1, 0.15) is 34.5 Å². The van der Waals surface area contributed by atoms with E-state index in [1.54, 1.807) is 13.3 Å². The van der Waals surface area contributed by atoms with Crippen molar-refractivity contribution in [2.45, 2.75) is 32.0 Å². The van der Waals surface area contributed by atoms with Gasteiger partial charge in [0.05, 0.1) is 12.8 Å². The Balaban J connectivity index is 1.30. The van der Waals surface area contributed by atoms with Gasteiger partial charge in [0.2, 0.25) is 11.8 Å². The molecule has 0 aliphatic carbocycles. The number of aromatic nitrogens is 1. The fraction of sp³-hybridized carbons (Fsp3) is 0.417. The van der Waals surface area contributed by atoms with Crippen molar-refractivity contribution in [2.24, 2.45) is 0 Å². The van der Waals surface area contributed by atoms with Crippen LogP contribution in [0.2, 0.25) is 0 Å². The van der Waals surface area contributed by atoms with Gasteiger partial charge in [0.25, 0.3) is 5.91 Å². The lowest BCUT2D eigenvalue weighted by Crippen LogP contribution is -2.52. The second-order valence-electron chi connectivity index (χ2n) is 8.80. The molecule has 5 rings (SSSR count). The number of hydrogen-bond acceptors (Lipinski definition) is 7. The number of piperazine rings is 1. The van der Waals surface area contributed by atoms with Crippen molar-refractivity contribution in [1.82, 2.24) is 20.1 Å². The highest BCUT2D eigenvalue weighted by atomic mass is 19.1. The maximum atomic E-state index is 14.5. The molecule has 4 heterocycles. The van der Waals surface area contributed by atoms with Crippen LogP contribution in [0, 0.1) is 5.82 Å². The second-order valence-corrected chi connectivity index (χ2v) is 8.80. The van der Waals surface area contributed by atoms with Crippen LogP contribution in [-0.4, -0.2) is 71.8 Å². The molecular weight excluding hydrogens is 441 g/mol. The number of pyridine rings is 1. The summed E-state index contributed by atoms with van der Waals surface area (Å²) in [5.74, 6) is -0.884. The van der Waals surface area contributed by atoms with Gasteiger partial charge in [-0.1, -0.05) is 0 Å². The zero-order valence-electron chi connectivity index (χ0n) is 18.9. The van der Waals surface area contributed by atoms with E-state index in [9.17, 15) is 18.8 Å². The summed E-state index contributed by atoms with van der Waals surface area (Å²) < 4.78 is 19.8. The molecule has 1 aromatic carbocycles. The number of nitrogens with one attached hydrogen (secondary N) is 1. The number of carbonyl (C=O) groups is 3. The topological polar surface area (TPSA) is 95.1 Å². The number of amides is 3. The summed E-state index contributed by atoms with van der Waals surface area (Å²) >= 11 is 0. The number of fused-ring (bicyclic) bond motifs is 1. The van der Waals surface area contributed by atoms with Crippen LogP contribution in [0.15, 0.2) is 30.5 Å². The molecule has 2 aromatic rings.